The number of nitrogens with zero attached hydrogens (tertiary/aromatic N) is 4. The van der Waals surface area contributed by atoms with Gasteiger partial charge in [0.25, 0.3) is 0 Å². The summed E-state index contributed by atoms with van der Waals surface area (Å²) < 4.78 is 4.01. The molecule has 2 heterocycles. The molecule has 0 amide bonds. The number of hydrogen-bond acceptors (Lipinski definition) is 3. The van der Waals surface area contributed by atoms with Gasteiger partial charge in [-0.1, -0.05) is 19.8 Å². The van der Waals surface area contributed by atoms with E-state index in [1.165, 1.54) is 25.7 Å². The summed E-state index contributed by atoms with van der Waals surface area (Å²) in [6, 6.07) is 2.74. The normalized spacial score (nSPS) is 15.9. The summed E-state index contributed by atoms with van der Waals surface area (Å²) in [5.74, 6) is 0. The molecule has 0 spiro atoms. The summed E-state index contributed by atoms with van der Waals surface area (Å²) >= 11 is 0. The average molecular weight is 273 g/mol. The maximum Gasteiger partial charge on any atom is 0.0853 e. The molecule has 5 nitrogen and oxygen atoms in total. The zero-order valence-corrected chi connectivity index (χ0v) is 12.3. The summed E-state index contributed by atoms with van der Waals surface area (Å²) in [7, 11) is 1.96. The molecule has 0 aliphatic heterocycles. The van der Waals surface area contributed by atoms with Crippen molar-refractivity contribution in [2.45, 2.75) is 51.6 Å². The van der Waals surface area contributed by atoms with E-state index < -0.39 is 0 Å². The lowest BCUT2D eigenvalue weighted by Gasteiger charge is -2.09. The van der Waals surface area contributed by atoms with Crippen molar-refractivity contribution in [2.75, 3.05) is 5.32 Å². The van der Waals surface area contributed by atoms with Crippen LogP contribution in [0.3, 0.4) is 0 Å². The first-order valence-corrected chi connectivity index (χ1v) is 7.56. The van der Waals surface area contributed by atoms with E-state index in [0.29, 0.717) is 6.04 Å². The van der Waals surface area contributed by atoms with Gasteiger partial charge < -0.3 is 5.32 Å². The molecular weight excluding hydrogens is 250 g/mol. The van der Waals surface area contributed by atoms with E-state index in [1.807, 2.05) is 17.9 Å². The lowest BCUT2D eigenvalue weighted by Crippen LogP contribution is -2.07. The molecule has 20 heavy (non-hydrogen) atoms. The van der Waals surface area contributed by atoms with Crippen LogP contribution in [-0.2, 0) is 20.0 Å². The van der Waals surface area contributed by atoms with Gasteiger partial charge in [-0.25, -0.2) is 0 Å². The fourth-order valence-corrected chi connectivity index (χ4v) is 2.97. The van der Waals surface area contributed by atoms with Gasteiger partial charge in [-0.05, 0) is 25.3 Å². The highest BCUT2D eigenvalue weighted by molar-refractivity contribution is 5.46. The standard InChI is InChI=1S/C15H23N5/c1-3-14-15(11-19(2)18-14)16-10-12-8-9-20(17-12)13-6-4-5-7-13/h8-9,11,13,16H,3-7,10H2,1-2H3. The molecule has 108 valence electrons. The molecule has 0 atom stereocenters. The number of aryl methyl sites for hydroxylation is 2. The number of aromatic nitrogens is 4. The molecule has 0 saturated heterocycles. The van der Waals surface area contributed by atoms with Gasteiger partial charge in [0, 0.05) is 19.4 Å². The molecule has 1 fully saturated rings. The Bertz CT molecular complexity index is 563. The number of hydrogen-bond donors (Lipinski definition) is 1. The van der Waals surface area contributed by atoms with E-state index >= 15 is 0 Å². The van der Waals surface area contributed by atoms with Crippen molar-refractivity contribution in [3.63, 3.8) is 0 Å². The maximum atomic E-state index is 4.70. The lowest BCUT2D eigenvalue weighted by atomic mass is 10.3. The second-order valence-corrected chi connectivity index (χ2v) is 5.60. The third-order valence-electron chi connectivity index (χ3n) is 4.06. The van der Waals surface area contributed by atoms with Crippen molar-refractivity contribution in [2.24, 2.45) is 7.05 Å². The van der Waals surface area contributed by atoms with Crippen molar-refractivity contribution < 1.29 is 0 Å². The van der Waals surface area contributed by atoms with Crippen LogP contribution in [0.15, 0.2) is 18.5 Å². The van der Waals surface area contributed by atoms with Crippen molar-refractivity contribution in [1.82, 2.24) is 19.6 Å². The second kappa shape index (κ2) is 5.69. The molecular formula is C15H23N5. The number of nitrogens with one attached hydrogen (secondary N) is 1. The van der Waals surface area contributed by atoms with Crippen LogP contribution in [-0.4, -0.2) is 19.6 Å². The van der Waals surface area contributed by atoms with Crippen molar-refractivity contribution in [1.29, 1.82) is 0 Å². The predicted octanol–water partition coefficient (Wildman–Crippen LogP) is 2.91. The zero-order chi connectivity index (χ0) is 13.9. The number of anilines is 1. The Morgan fingerprint density at radius 2 is 2.10 bits per heavy atom. The molecule has 1 saturated carbocycles. The van der Waals surface area contributed by atoms with Crippen LogP contribution in [0.4, 0.5) is 5.69 Å². The van der Waals surface area contributed by atoms with E-state index in [9.17, 15) is 0 Å². The molecule has 1 aliphatic carbocycles. The molecule has 0 aromatic carbocycles. The SMILES string of the molecule is CCc1nn(C)cc1NCc1ccn(C2CCCC2)n1. The van der Waals surface area contributed by atoms with Crippen molar-refractivity contribution >= 4 is 5.69 Å². The van der Waals surface area contributed by atoms with Crippen LogP contribution < -0.4 is 5.32 Å². The monoisotopic (exact) mass is 273 g/mol. The smallest absolute Gasteiger partial charge is 0.0853 e. The number of rotatable bonds is 5. The van der Waals surface area contributed by atoms with E-state index in [1.54, 1.807) is 0 Å². The van der Waals surface area contributed by atoms with Crippen molar-refractivity contribution in [3.8, 4) is 0 Å². The summed E-state index contributed by atoms with van der Waals surface area (Å²) in [5, 5.41) is 12.6. The zero-order valence-electron chi connectivity index (χ0n) is 12.3. The van der Waals surface area contributed by atoms with Crippen LogP contribution in [0.5, 0.6) is 0 Å². The van der Waals surface area contributed by atoms with Gasteiger partial charge in [-0.15, -0.1) is 0 Å². The second-order valence-electron chi connectivity index (χ2n) is 5.60. The molecule has 2 aromatic rings. The van der Waals surface area contributed by atoms with Gasteiger partial charge in [0.05, 0.1) is 29.7 Å². The molecule has 1 N–H and O–H groups in total. The maximum absolute atomic E-state index is 4.70. The molecule has 1 aliphatic rings. The highest BCUT2D eigenvalue weighted by Crippen LogP contribution is 2.28. The summed E-state index contributed by atoms with van der Waals surface area (Å²) in [6.45, 7) is 2.89. The predicted molar refractivity (Wildman–Crippen MR) is 79.6 cm³/mol. The van der Waals surface area contributed by atoms with Crippen LogP contribution in [0.1, 0.15) is 50.0 Å². The highest BCUT2D eigenvalue weighted by Gasteiger charge is 2.17. The van der Waals surface area contributed by atoms with E-state index in [2.05, 4.69) is 34.3 Å². The van der Waals surface area contributed by atoms with Gasteiger partial charge in [0.2, 0.25) is 0 Å². The van der Waals surface area contributed by atoms with E-state index in [4.69, 9.17) is 5.10 Å². The minimum atomic E-state index is 0.619. The van der Waals surface area contributed by atoms with Crippen molar-refractivity contribution in [3.05, 3.63) is 29.8 Å². The Morgan fingerprint density at radius 1 is 1.30 bits per heavy atom. The van der Waals surface area contributed by atoms with Gasteiger partial charge >= 0.3 is 0 Å². The van der Waals surface area contributed by atoms with Crippen LogP contribution >= 0.6 is 0 Å². The first-order valence-electron chi connectivity index (χ1n) is 7.56. The molecule has 0 bridgehead atoms. The van der Waals surface area contributed by atoms with Crippen LogP contribution in [0, 0.1) is 0 Å². The minimum absolute atomic E-state index is 0.619. The Labute approximate surface area is 120 Å². The van der Waals surface area contributed by atoms with E-state index in [-0.39, 0.29) is 0 Å². The van der Waals surface area contributed by atoms with Gasteiger partial charge in [-0.2, -0.15) is 10.2 Å². The van der Waals surface area contributed by atoms with Gasteiger partial charge in [0.15, 0.2) is 0 Å². The van der Waals surface area contributed by atoms with Crippen LogP contribution in [0.25, 0.3) is 0 Å². The third-order valence-corrected chi connectivity index (χ3v) is 4.06. The summed E-state index contributed by atoms with van der Waals surface area (Å²) in [6.07, 6.45) is 10.3. The lowest BCUT2D eigenvalue weighted by molar-refractivity contribution is 0.463. The molecule has 5 heteroatoms. The quantitative estimate of drug-likeness (QED) is 0.911. The van der Waals surface area contributed by atoms with Gasteiger partial charge in [0.1, 0.15) is 0 Å². The average Bonchev–Trinajstić information content (AvgIpc) is 3.16. The minimum Gasteiger partial charge on any atom is -0.377 e. The Morgan fingerprint density at radius 3 is 2.85 bits per heavy atom. The Hall–Kier alpha value is -1.78. The molecule has 0 radical (unpaired) electrons. The Balaban J connectivity index is 1.63. The largest absolute Gasteiger partial charge is 0.377 e. The topological polar surface area (TPSA) is 47.7 Å². The third kappa shape index (κ3) is 2.71. The first kappa shape index (κ1) is 13.2. The molecule has 3 rings (SSSR count). The first-order chi connectivity index (χ1) is 9.76. The Kier molecular flexibility index (Phi) is 3.76. The fraction of sp³-hybridized carbons (Fsp3) is 0.600. The fourth-order valence-electron chi connectivity index (χ4n) is 2.97. The summed E-state index contributed by atoms with van der Waals surface area (Å²) in [5.41, 5.74) is 3.33. The molecule has 2 aromatic heterocycles. The highest BCUT2D eigenvalue weighted by atomic mass is 15.3. The van der Waals surface area contributed by atoms with Crippen LogP contribution in [0.2, 0.25) is 0 Å². The molecule has 0 unspecified atom stereocenters. The summed E-state index contributed by atoms with van der Waals surface area (Å²) in [4.78, 5) is 0. The van der Waals surface area contributed by atoms with Gasteiger partial charge in [-0.3, -0.25) is 9.36 Å². The van der Waals surface area contributed by atoms with E-state index in [0.717, 1.165) is 30.0 Å².